The van der Waals surface area contributed by atoms with Crippen LogP contribution in [0.25, 0.3) is 0 Å². The zero-order valence-electron chi connectivity index (χ0n) is 15.0. The van der Waals surface area contributed by atoms with Crippen LogP contribution in [0.1, 0.15) is 54.6 Å². The highest BCUT2D eigenvalue weighted by molar-refractivity contribution is 5.50. The molecule has 0 saturated heterocycles. The van der Waals surface area contributed by atoms with Crippen LogP contribution in [0, 0.1) is 11.6 Å². The molecule has 0 unspecified atom stereocenters. The van der Waals surface area contributed by atoms with Crippen LogP contribution in [0.4, 0.5) is 26.5 Å². The number of rotatable bonds is 7. The first-order valence-corrected chi connectivity index (χ1v) is 9.40. The van der Waals surface area contributed by atoms with Gasteiger partial charge in [-0.15, -0.1) is 0 Å². The van der Waals surface area contributed by atoms with Gasteiger partial charge in [-0.1, -0.05) is 6.07 Å². The fraction of sp³-hybridized carbons (Fsp3) is 0.368. The Labute approximate surface area is 160 Å². The topological polar surface area (TPSA) is 91.4 Å². The number of aromatic nitrogens is 5. The molecule has 28 heavy (non-hydrogen) atoms. The third kappa shape index (κ3) is 3.78. The number of H-pyrrole nitrogens is 1. The number of hydrogen-bond acceptors (Lipinski definition) is 6. The third-order valence-corrected chi connectivity index (χ3v) is 4.90. The first-order chi connectivity index (χ1) is 13.6. The van der Waals surface area contributed by atoms with Crippen LogP contribution in [-0.4, -0.2) is 25.1 Å². The molecule has 0 atom stereocenters. The molecule has 5 rings (SSSR count). The monoisotopic (exact) mass is 383 g/mol. The van der Waals surface area contributed by atoms with Gasteiger partial charge in [-0.25, -0.2) is 8.78 Å². The summed E-state index contributed by atoms with van der Waals surface area (Å²) in [5, 5.41) is 13.4. The number of nitrogens with zero attached hydrogens (tertiary/aromatic N) is 4. The van der Waals surface area contributed by atoms with Gasteiger partial charge in [0.05, 0.1) is 0 Å². The van der Waals surface area contributed by atoms with E-state index in [1.807, 2.05) is 6.07 Å². The second-order valence-corrected chi connectivity index (χ2v) is 7.31. The van der Waals surface area contributed by atoms with E-state index in [9.17, 15) is 8.78 Å². The molecule has 2 heterocycles. The van der Waals surface area contributed by atoms with Gasteiger partial charge in [0.25, 0.3) is 0 Å². The molecule has 0 bridgehead atoms. The third-order valence-electron chi connectivity index (χ3n) is 4.90. The molecule has 0 radical (unpaired) electrons. The van der Waals surface area contributed by atoms with Gasteiger partial charge in [0.1, 0.15) is 17.5 Å². The van der Waals surface area contributed by atoms with Crippen molar-refractivity contribution >= 4 is 17.7 Å². The number of hydrogen-bond donors (Lipinski definition) is 3. The van der Waals surface area contributed by atoms with E-state index in [1.165, 1.54) is 25.0 Å². The van der Waals surface area contributed by atoms with Crippen molar-refractivity contribution in [2.45, 2.75) is 44.1 Å². The zero-order chi connectivity index (χ0) is 19.1. The van der Waals surface area contributed by atoms with Gasteiger partial charge in [-0.05, 0) is 31.7 Å². The van der Waals surface area contributed by atoms with Gasteiger partial charge in [0, 0.05) is 41.8 Å². The van der Waals surface area contributed by atoms with Gasteiger partial charge in [-0.2, -0.15) is 20.1 Å². The molecule has 2 saturated carbocycles. The van der Waals surface area contributed by atoms with Crippen molar-refractivity contribution in [2.24, 2.45) is 0 Å². The second kappa shape index (κ2) is 6.81. The summed E-state index contributed by atoms with van der Waals surface area (Å²) < 4.78 is 26.9. The molecular weight excluding hydrogens is 364 g/mol. The highest BCUT2D eigenvalue weighted by Gasteiger charge is 2.28. The lowest BCUT2D eigenvalue weighted by Gasteiger charge is -2.09. The van der Waals surface area contributed by atoms with Crippen LogP contribution in [0.3, 0.4) is 0 Å². The van der Waals surface area contributed by atoms with Crippen molar-refractivity contribution < 1.29 is 8.78 Å². The van der Waals surface area contributed by atoms with E-state index in [4.69, 9.17) is 0 Å². The predicted molar refractivity (Wildman–Crippen MR) is 99.3 cm³/mol. The van der Waals surface area contributed by atoms with Crippen molar-refractivity contribution in [2.75, 3.05) is 10.6 Å². The summed E-state index contributed by atoms with van der Waals surface area (Å²) in [5.74, 6) is 1.80. The van der Waals surface area contributed by atoms with E-state index < -0.39 is 11.6 Å². The summed E-state index contributed by atoms with van der Waals surface area (Å²) in [7, 11) is 0. The molecule has 0 amide bonds. The van der Waals surface area contributed by atoms with E-state index in [-0.39, 0.29) is 6.54 Å². The second-order valence-electron chi connectivity index (χ2n) is 7.31. The highest BCUT2D eigenvalue weighted by Crippen LogP contribution is 2.40. The number of benzene rings is 1. The smallest absolute Gasteiger partial charge is 0.233 e. The standard InChI is InChI=1S/C19H19F2N7/c20-13-6-5-12(14(21)7-13)9-22-18-24-17(11-3-4-11)25-19(26-18)23-16-8-15(27-28-16)10-1-2-10/h5-8,10-11H,1-4,9H2,(H3,22,23,24,25,26,27,28). The zero-order valence-corrected chi connectivity index (χ0v) is 15.0. The fourth-order valence-corrected chi connectivity index (χ4v) is 3.01. The quantitative estimate of drug-likeness (QED) is 0.572. The van der Waals surface area contributed by atoms with E-state index in [0.29, 0.717) is 40.9 Å². The Hall–Kier alpha value is -3.10. The van der Waals surface area contributed by atoms with E-state index in [1.54, 1.807) is 0 Å². The number of nitrogens with one attached hydrogen (secondary N) is 3. The number of anilines is 3. The van der Waals surface area contributed by atoms with E-state index in [2.05, 4.69) is 35.8 Å². The van der Waals surface area contributed by atoms with Gasteiger partial charge < -0.3 is 10.6 Å². The first kappa shape index (κ1) is 17.0. The number of halogens is 2. The minimum absolute atomic E-state index is 0.147. The summed E-state index contributed by atoms with van der Waals surface area (Å²) >= 11 is 0. The Balaban J connectivity index is 1.34. The maximum Gasteiger partial charge on any atom is 0.233 e. The lowest BCUT2D eigenvalue weighted by atomic mass is 10.2. The van der Waals surface area contributed by atoms with Crippen LogP contribution < -0.4 is 10.6 Å². The molecule has 3 N–H and O–H groups in total. The largest absolute Gasteiger partial charge is 0.350 e. The molecule has 9 heteroatoms. The molecule has 2 aliphatic carbocycles. The van der Waals surface area contributed by atoms with E-state index in [0.717, 1.165) is 24.6 Å². The molecule has 1 aromatic carbocycles. The van der Waals surface area contributed by atoms with Crippen molar-refractivity contribution in [1.29, 1.82) is 0 Å². The van der Waals surface area contributed by atoms with Crippen molar-refractivity contribution in [3.63, 3.8) is 0 Å². The maximum atomic E-state index is 13.9. The Morgan fingerprint density at radius 2 is 1.75 bits per heavy atom. The fourth-order valence-electron chi connectivity index (χ4n) is 3.01. The first-order valence-electron chi connectivity index (χ1n) is 9.40. The predicted octanol–water partition coefficient (Wildman–Crippen LogP) is 3.98. The van der Waals surface area contributed by atoms with Crippen molar-refractivity contribution in [3.05, 3.63) is 53.0 Å². The molecule has 2 aromatic heterocycles. The molecule has 0 aliphatic heterocycles. The van der Waals surface area contributed by atoms with Crippen LogP contribution in [0.2, 0.25) is 0 Å². The Morgan fingerprint density at radius 3 is 2.50 bits per heavy atom. The molecule has 3 aromatic rings. The van der Waals surface area contributed by atoms with Crippen LogP contribution in [0.15, 0.2) is 24.3 Å². The minimum Gasteiger partial charge on any atom is -0.350 e. The average molecular weight is 383 g/mol. The van der Waals surface area contributed by atoms with Crippen LogP contribution in [-0.2, 0) is 6.54 Å². The van der Waals surface area contributed by atoms with Crippen molar-refractivity contribution in [1.82, 2.24) is 25.1 Å². The summed E-state index contributed by atoms with van der Waals surface area (Å²) in [5.41, 5.74) is 1.45. The maximum absolute atomic E-state index is 13.9. The Bertz CT molecular complexity index is 1010. The van der Waals surface area contributed by atoms with Crippen LogP contribution >= 0.6 is 0 Å². The molecule has 2 aliphatic rings. The van der Waals surface area contributed by atoms with Gasteiger partial charge in [0.15, 0.2) is 5.82 Å². The van der Waals surface area contributed by atoms with Crippen molar-refractivity contribution in [3.8, 4) is 0 Å². The average Bonchev–Trinajstić information content (AvgIpc) is 3.59. The molecule has 2 fully saturated rings. The molecule has 7 nitrogen and oxygen atoms in total. The Kier molecular flexibility index (Phi) is 4.14. The molecular formula is C19H19F2N7. The summed E-state index contributed by atoms with van der Waals surface area (Å²) in [4.78, 5) is 13.3. The van der Waals surface area contributed by atoms with Gasteiger partial charge >= 0.3 is 0 Å². The van der Waals surface area contributed by atoms with Crippen LogP contribution in [0.5, 0.6) is 0 Å². The lowest BCUT2D eigenvalue weighted by Crippen LogP contribution is -2.10. The SMILES string of the molecule is Fc1ccc(CNc2nc(Nc3cc(C4CC4)[nH]n3)nc(C3CC3)n2)c(F)c1. The molecule has 144 valence electrons. The summed E-state index contributed by atoms with van der Waals surface area (Å²) in [6.45, 7) is 0.147. The van der Waals surface area contributed by atoms with Gasteiger partial charge in [-0.3, -0.25) is 5.10 Å². The summed E-state index contributed by atoms with van der Waals surface area (Å²) in [6, 6.07) is 5.47. The molecule has 0 spiro atoms. The number of aromatic amines is 1. The highest BCUT2D eigenvalue weighted by atomic mass is 19.1. The lowest BCUT2D eigenvalue weighted by molar-refractivity contribution is 0.574. The normalized spacial score (nSPS) is 16.2. The Morgan fingerprint density at radius 1 is 0.964 bits per heavy atom. The summed E-state index contributed by atoms with van der Waals surface area (Å²) in [6.07, 6.45) is 4.47. The van der Waals surface area contributed by atoms with Gasteiger partial charge in [0.2, 0.25) is 11.9 Å². The van der Waals surface area contributed by atoms with E-state index >= 15 is 0 Å². The minimum atomic E-state index is -0.605.